The third kappa shape index (κ3) is 9.53. The van der Waals surface area contributed by atoms with Gasteiger partial charge in [-0.25, -0.2) is 0 Å². The molecular weight excluding hydrogens is 450 g/mol. The van der Waals surface area contributed by atoms with Crippen LogP contribution in [-0.2, 0) is 19.1 Å². The monoisotopic (exact) mass is 499 g/mol. The van der Waals surface area contributed by atoms with Crippen molar-refractivity contribution in [2.45, 2.75) is 134 Å². The second kappa shape index (κ2) is 16.1. The number of piperidine rings is 1. The number of hydrogen-bond acceptors (Lipinski definition) is 5. The molecule has 5 heteroatoms. The molecule has 0 radical (unpaired) electrons. The molecule has 4 atom stereocenters. The number of rotatable bonds is 17. The van der Waals surface area contributed by atoms with Crippen molar-refractivity contribution < 1.29 is 19.1 Å². The summed E-state index contributed by atoms with van der Waals surface area (Å²) in [5.41, 5.74) is 0.848. The summed E-state index contributed by atoms with van der Waals surface area (Å²) in [5, 5.41) is 0. The summed E-state index contributed by atoms with van der Waals surface area (Å²) in [5.74, 6) is -1.04. The molecule has 1 aromatic carbocycles. The molecule has 2 bridgehead atoms. The van der Waals surface area contributed by atoms with Crippen molar-refractivity contribution in [2.24, 2.45) is 0 Å². The second-order valence-electron chi connectivity index (χ2n) is 11.0. The van der Waals surface area contributed by atoms with Gasteiger partial charge in [0.25, 0.3) is 0 Å². The van der Waals surface area contributed by atoms with Crippen LogP contribution in [0.4, 0.5) is 0 Å². The minimum Gasteiger partial charge on any atom is -0.464 e. The number of carbonyl (C=O) groups is 2. The lowest BCUT2D eigenvalue weighted by Crippen LogP contribution is -2.44. The number of fused-ring (bicyclic) bond motifs is 2. The van der Waals surface area contributed by atoms with Gasteiger partial charge in [-0.05, 0) is 44.7 Å². The Morgan fingerprint density at radius 2 is 1.42 bits per heavy atom. The summed E-state index contributed by atoms with van der Waals surface area (Å²) < 4.78 is 11.6. The van der Waals surface area contributed by atoms with Gasteiger partial charge < -0.3 is 14.4 Å². The summed E-state index contributed by atoms with van der Waals surface area (Å²) in [7, 11) is 2.18. The molecule has 0 amide bonds. The highest BCUT2D eigenvalue weighted by Crippen LogP contribution is 2.36. The minimum absolute atomic E-state index is 0.0375. The molecule has 2 unspecified atom stereocenters. The predicted octanol–water partition coefficient (Wildman–Crippen LogP) is 7.18. The number of esters is 2. The van der Waals surface area contributed by atoms with Crippen molar-refractivity contribution in [1.82, 2.24) is 4.90 Å². The number of carbonyl (C=O) groups excluding carboxylic acids is 2. The molecule has 3 rings (SSSR count). The zero-order valence-electron chi connectivity index (χ0n) is 22.8. The van der Waals surface area contributed by atoms with Gasteiger partial charge in [0, 0.05) is 18.5 Å². The van der Waals surface area contributed by atoms with Gasteiger partial charge in [0.15, 0.2) is 0 Å². The van der Waals surface area contributed by atoms with Crippen LogP contribution in [-0.4, -0.2) is 48.7 Å². The van der Waals surface area contributed by atoms with Crippen molar-refractivity contribution in [3.8, 4) is 0 Å². The first-order chi connectivity index (χ1) is 17.6. The van der Waals surface area contributed by atoms with Gasteiger partial charge in [0.1, 0.15) is 18.6 Å². The Labute approximate surface area is 219 Å². The molecule has 2 aliphatic heterocycles. The normalized spacial score (nSPS) is 22.3. The van der Waals surface area contributed by atoms with Gasteiger partial charge >= 0.3 is 11.9 Å². The smallest absolute Gasteiger partial charge is 0.317 e. The molecule has 0 aromatic heterocycles. The largest absolute Gasteiger partial charge is 0.464 e. The standard InChI is InChI=1S/C31H49NO4/c1-3-4-5-6-7-8-9-10-11-12-16-19-30(33)35-24-29(25-17-14-13-15-18-25)31(34)36-28-22-26-20-21-27(23-28)32(26)2/h13-15,17-18,26-29H,3-12,16,19-24H2,1-2H3/t26-,27+,28?,29?. The van der Waals surface area contributed by atoms with Crippen LogP contribution < -0.4 is 0 Å². The van der Waals surface area contributed by atoms with Crippen LogP contribution in [0.15, 0.2) is 30.3 Å². The third-order valence-corrected chi connectivity index (χ3v) is 8.22. The maximum absolute atomic E-state index is 13.2. The topological polar surface area (TPSA) is 55.8 Å². The Kier molecular flexibility index (Phi) is 12.8. The Morgan fingerprint density at radius 1 is 0.861 bits per heavy atom. The number of benzene rings is 1. The molecule has 2 aliphatic rings. The molecule has 2 fully saturated rings. The van der Waals surface area contributed by atoms with E-state index in [1.165, 1.54) is 70.6 Å². The minimum atomic E-state index is -0.565. The first kappa shape index (κ1) is 28.7. The molecule has 0 saturated carbocycles. The van der Waals surface area contributed by atoms with Crippen LogP contribution in [0.25, 0.3) is 0 Å². The van der Waals surface area contributed by atoms with Crippen LogP contribution in [0.2, 0.25) is 0 Å². The number of nitrogens with zero attached hydrogens (tertiary/aromatic N) is 1. The fraction of sp³-hybridized carbons (Fsp3) is 0.742. The summed E-state index contributed by atoms with van der Waals surface area (Å²) >= 11 is 0. The van der Waals surface area contributed by atoms with Gasteiger partial charge in [0.05, 0.1) is 0 Å². The first-order valence-electron chi connectivity index (χ1n) is 14.7. The van der Waals surface area contributed by atoms with Gasteiger partial charge in [-0.1, -0.05) is 101 Å². The zero-order valence-corrected chi connectivity index (χ0v) is 22.8. The van der Waals surface area contributed by atoms with E-state index in [-0.39, 0.29) is 24.6 Å². The SMILES string of the molecule is CCCCCCCCCCCCCC(=O)OCC(C(=O)OC1C[C@H]2CC[C@@H](C1)N2C)c1ccccc1. The van der Waals surface area contributed by atoms with E-state index >= 15 is 0 Å². The molecule has 0 spiro atoms. The van der Waals surface area contributed by atoms with Gasteiger partial charge in [-0.3, -0.25) is 9.59 Å². The quantitative estimate of drug-likeness (QED) is 0.168. The molecule has 202 valence electrons. The molecule has 0 aliphatic carbocycles. The summed E-state index contributed by atoms with van der Waals surface area (Å²) in [4.78, 5) is 28.0. The zero-order chi connectivity index (χ0) is 25.6. The fourth-order valence-electron chi connectivity index (χ4n) is 5.87. The Balaban J connectivity index is 1.34. The number of unbranched alkanes of at least 4 members (excludes halogenated alkanes) is 10. The van der Waals surface area contributed by atoms with Gasteiger partial charge in [0.2, 0.25) is 0 Å². The van der Waals surface area contributed by atoms with E-state index in [1.807, 2.05) is 30.3 Å². The van der Waals surface area contributed by atoms with Gasteiger partial charge in [-0.15, -0.1) is 0 Å². The molecule has 2 heterocycles. The van der Waals surface area contributed by atoms with Crippen LogP contribution >= 0.6 is 0 Å². The molecule has 5 nitrogen and oxygen atoms in total. The molecular formula is C31H49NO4. The Bertz CT molecular complexity index is 753. The molecule has 36 heavy (non-hydrogen) atoms. The maximum atomic E-state index is 13.2. The van der Waals surface area contributed by atoms with Crippen LogP contribution in [0.5, 0.6) is 0 Å². The summed E-state index contributed by atoms with van der Waals surface area (Å²) in [6.45, 7) is 2.31. The Morgan fingerprint density at radius 3 is 2.00 bits per heavy atom. The van der Waals surface area contributed by atoms with Crippen molar-refractivity contribution >= 4 is 11.9 Å². The lowest BCUT2D eigenvalue weighted by molar-refractivity contribution is -0.158. The average molecular weight is 500 g/mol. The summed E-state index contributed by atoms with van der Waals surface area (Å²) in [6, 6.07) is 10.6. The average Bonchev–Trinajstić information content (AvgIpc) is 3.08. The highest BCUT2D eigenvalue weighted by Gasteiger charge is 2.40. The van der Waals surface area contributed by atoms with E-state index in [0.29, 0.717) is 18.5 Å². The molecule has 1 aromatic rings. The number of hydrogen-bond donors (Lipinski definition) is 0. The van der Waals surface area contributed by atoms with Gasteiger partial charge in [-0.2, -0.15) is 0 Å². The van der Waals surface area contributed by atoms with E-state index in [9.17, 15) is 9.59 Å². The van der Waals surface area contributed by atoms with Crippen LogP contribution in [0.3, 0.4) is 0 Å². The number of ether oxygens (including phenoxy) is 2. The first-order valence-corrected chi connectivity index (χ1v) is 14.7. The van der Waals surface area contributed by atoms with Crippen molar-refractivity contribution in [3.63, 3.8) is 0 Å². The van der Waals surface area contributed by atoms with Crippen LogP contribution in [0.1, 0.15) is 121 Å². The van der Waals surface area contributed by atoms with Crippen LogP contribution in [0, 0.1) is 0 Å². The summed E-state index contributed by atoms with van der Waals surface area (Å²) in [6.07, 6.45) is 18.3. The van der Waals surface area contributed by atoms with E-state index in [2.05, 4.69) is 18.9 Å². The van der Waals surface area contributed by atoms with E-state index in [1.54, 1.807) is 0 Å². The predicted molar refractivity (Wildman–Crippen MR) is 145 cm³/mol. The van der Waals surface area contributed by atoms with Crippen molar-refractivity contribution in [2.75, 3.05) is 13.7 Å². The second-order valence-corrected chi connectivity index (χ2v) is 11.0. The lowest BCUT2D eigenvalue weighted by atomic mass is 9.98. The lowest BCUT2D eigenvalue weighted by Gasteiger charge is -2.36. The highest BCUT2D eigenvalue weighted by molar-refractivity contribution is 5.79. The van der Waals surface area contributed by atoms with E-state index in [0.717, 1.165) is 31.2 Å². The maximum Gasteiger partial charge on any atom is 0.317 e. The fourth-order valence-corrected chi connectivity index (χ4v) is 5.87. The van der Waals surface area contributed by atoms with Crippen molar-refractivity contribution in [1.29, 1.82) is 0 Å². The third-order valence-electron chi connectivity index (χ3n) is 8.22. The van der Waals surface area contributed by atoms with Crippen molar-refractivity contribution in [3.05, 3.63) is 35.9 Å². The highest BCUT2D eigenvalue weighted by atomic mass is 16.6. The Hall–Kier alpha value is -1.88. The van der Waals surface area contributed by atoms with E-state index < -0.39 is 5.92 Å². The molecule has 2 saturated heterocycles. The molecule has 0 N–H and O–H groups in total. The van der Waals surface area contributed by atoms with E-state index in [4.69, 9.17) is 9.47 Å².